The lowest BCUT2D eigenvalue weighted by Crippen LogP contribution is -1.92. The van der Waals surface area contributed by atoms with Gasteiger partial charge in [0.25, 0.3) is 0 Å². The molecular weight excluding hydrogens is 208 g/mol. The van der Waals surface area contributed by atoms with E-state index in [1.165, 1.54) is 16.9 Å². The van der Waals surface area contributed by atoms with E-state index in [1.807, 2.05) is 30.3 Å². The molecule has 2 rings (SSSR count). The zero-order chi connectivity index (χ0) is 10.7. The Morgan fingerprint density at radius 3 is 2.60 bits per heavy atom. The topological polar surface area (TPSA) is 37.3 Å². The average Bonchev–Trinajstić information content (AvgIpc) is 2.68. The van der Waals surface area contributed by atoms with Crippen molar-refractivity contribution in [2.45, 2.75) is 6.42 Å². The molecule has 0 bridgehead atoms. The monoisotopic (exact) mass is 218 g/mol. The number of rotatable bonds is 3. The van der Waals surface area contributed by atoms with Gasteiger partial charge in [0.2, 0.25) is 0 Å². The first-order valence-corrected chi connectivity index (χ1v) is 5.48. The lowest BCUT2D eigenvalue weighted by Gasteiger charge is -1.96. The molecule has 15 heavy (non-hydrogen) atoms. The van der Waals surface area contributed by atoms with Crippen molar-refractivity contribution in [2.75, 3.05) is 0 Å². The minimum atomic E-state index is -0.856. The summed E-state index contributed by atoms with van der Waals surface area (Å²) in [7, 11) is 0. The third-order valence-corrected chi connectivity index (χ3v) is 3.06. The second kappa shape index (κ2) is 4.28. The maximum atomic E-state index is 10.7. The zero-order valence-electron chi connectivity index (χ0n) is 8.01. The molecule has 0 fully saturated rings. The van der Waals surface area contributed by atoms with Gasteiger partial charge in [0.05, 0.1) is 5.56 Å². The van der Waals surface area contributed by atoms with Crippen molar-refractivity contribution < 1.29 is 9.90 Å². The third-order valence-electron chi connectivity index (χ3n) is 2.12. The highest BCUT2D eigenvalue weighted by atomic mass is 32.1. The predicted octanol–water partition coefficient (Wildman–Crippen LogP) is 3.04. The number of carboxylic acids is 1. The summed E-state index contributed by atoms with van der Waals surface area (Å²) in [6.45, 7) is 0. The van der Waals surface area contributed by atoms with Crippen LogP contribution in [0.2, 0.25) is 0 Å². The Balaban J connectivity index is 2.15. The van der Waals surface area contributed by atoms with E-state index < -0.39 is 5.97 Å². The molecule has 1 aromatic heterocycles. The van der Waals surface area contributed by atoms with E-state index in [0.29, 0.717) is 5.56 Å². The largest absolute Gasteiger partial charge is 0.478 e. The third kappa shape index (κ3) is 2.44. The van der Waals surface area contributed by atoms with E-state index in [9.17, 15) is 4.79 Å². The van der Waals surface area contributed by atoms with Gasteiger partial charge < -0.3 is 5.11 Å². The smallest absolute Gasteiger partial charge is 0.336 e. The first-order valence-electron chi connectivity index (χ1n) is 4.60. The Kier molecular flexibility index (Phi) is 2.83. The Hall–Kier alpha value is -1.61. The van der Waals surface area contributed by atoms with E-state index in [0.717, 1.165) is 11.3 Å². The highest BCUT2D eigenvalue weighted by molar-refractivity contribution is 7.10. The van der Waals surface area contributed by atoms with Gasteiger partial charge in [-0.2, -0.15) is 0 Å². The van der Waals surface area contributed by atoms with E-state index in [-0.39, 0.29) is 0 Å². The highest BCUT2D eigenvalue weighted by Gasteiger charge is 2.06. The molecule has 2 aromatic rings. The molecule has 0 atom stereocenters. The van der Waals surface area contributed by atoms with Crippen molar-refractivity contribution in [3.8, 4) is 0 Å². The molecule has 2 nitrogen and oxygen atoms in total. The number of carbonyl (C=O) groups is 1. The molecule has 0 radical (unpaired) electrons. The summed E-state index contributed by atoms with van der Waals surface area (Å²) >= 11 is 1.49. The maximum Gasteiger partial charge on any atom is 0.336 e. The molecule has 1 aromatic carbocycles. The Morgan fingerprint density at radius 1 is 1.27 bits per heavy atom. The van der Waals surface area contributed by atoms with Crippen LogP contribution in [0.4, 0.5) is 0 Å². The fourth-order valence-corrected chi connectivity index (χ4v) is 2.27. The van der Waals surface area contributed by atoms with Gasteiger partial charge in [0, 0.05) is 16.7 Å². The minimum absolute atomic E-state index is 0.380. The van der Waals surface area contributed by atoms with Crippen LogP contribution in [0, 0.1) is 0 Å². The van der Waals surface area contributed by atoms with Crippen molar-refractivity contribution >= 4 is 17.3 Å². The van der Waals surface area contributed by atoms with Crippen LogP contribution in [0.5, 0.6) is 0 Å². The number of aromatic carboxylic acids is 1. The van der Waals surface area contributed by atoms with Gasteiger partial charge in [-0.3, -0.25) is 0 Å². The summed E-state index contributed by atoms with van der Waals surface area (Å²) in [5.41, 5.74) is 1.59. The molecule has 0 aliphatic carbocycles. The second-order valence-electron chi connectivity index (χ2n) is 3.27. The van der Waals surface area contributed by atoms with Gasteiger partial charge in [-0.1, -0.05) is 30.3 Å². The summed E-state index contributed by atoms with van der Waals surface area (Å²) in [4.78, 5) is 11.8. The Morgan fingerprint density at radius 2 is 2.00 bits per heavy atom. The van der Waals surface area contributed by atoms with E-state index >= 15 is 0 Å². The van der Waals surface area contributed by atoms with Crippen LogP contribution in [0.15, 0.2) is 41.8 Å². The normalized spacial score (nSPS) is 10.1. The van der Waals surface area contributed by atoms with Crippen molar-refractivity contribution in [3.63, 3.8) is 0 Å². The molecule has 0 aliphatic rings. The van der Waals surface area contributed by atoms with Crippen molar-refractivity contribution in [3.05, 3.63) is 57.8 Å². The number of hydrogen-bond acceptors (Lipinski definition) is 2. The Labute approximate surface area is 91.8 Å². The average molecular weight is 218 g/mol. The minimum Gasteiger partial charge on any atom is -0.478 e. The van der Waals surface area contributed by atoms with Crippen molar-refractivity contribution in [2.24, 2.45) is 0 Å². The zero-order valence-corrected chi connectivity index (χ0v) is 8.83. The van der Waals surface area contributed by atoms with Crippen LogP contribution in [0.3, 0.4) is 0 Å². The maximum absolute atomic E-state index is 10.7. The molecule has 1 N–H and O–H groups in total. The fourth-order valence-electron chi connectivity index (χ4n) is 1.38. The standard InChI is InChI=1S/C12H10O2S/c13-12(14)10-7-11(15-8-10)6-9-4-2-1-3-5-9/h1-5,7-8H,6H2,(H,13,14). The molecule has 0 spiro atoms. The Bertz CT molecular complexity index is 459. The number of hydrogen-bond donors (Lipinski definition) is 1. The van der Waals surface area contributed by atoms with Crippen LogP contribution in [0.1, 0.15) is 20.8 Å². The fraction of sp³-hybridized carbons (Fsp3) is 0.0833. The molecule has 0 unspecified atom stereocenters. The van der Waals surface area contributed by atoms with Gasteiger partial charge in [-0.15, -0.1) is 11.3 Å². The number of carboxylic acid groups (broad SMARTS) is 1. The van der Waals surface area contributed by atoms with Gasteiger partial charge in [-0.05, 0) is 11.6 Å². The van der Waals surface area contributed by atoms with Gasteiger partial charge in [0.1, 0.15) is 0 Å². The van der Waals surface area contributed by atoms with Crippen molar-refractivity contribution in [1.82, 2.24) is 0 Å². The van der Waals surface area contributed by atoms with Gasteiger partial charge in [-0.25, -0.2) is 4.79 Å². The van der Waals surface area contributed by atoms with Crippen LogP contribution in [-0.2, 0) is 6.42 Å². The molecule has 1 heterocycles. The molecule has 0 aliphatic heterocycles. The van der Waals surface area contributed by atoms with E-state index in [4.69, 9.17) is 5.11 Å². The summed E-state index contributed by atoms with van der Waals surface area (Å²) in [5.74, 6) is -0.856. The molecule has 3 heteroatoms. The first-order chi connectivity index (χ1) is 7.25. The van der Waals surface area contributed by atoms with Crippen LogP contribution in [0.25, 0.3) is 0 Å². The summed E-state index contributed by atoms with van der Waals surface area (Å²) in [6, 6.07) is 11.8. The highest BCUT2D eigenvalue weighted by Crippen LogP contribution is 2.18. The lowest BCUT2D eigenvalue weighted by atomic mass is 10.1. The lowest BCUT2D eigenvalue weighted by molar-refractivity contribution is 0.0697. The van der Waals surface area contributed by atoms with Crippen LogP contribution in [-0.4, -0.2) is 11.1 Å². The summed E-state index contributed by atoms with van der Waals surface area (Å²) in [5, 5.41) is 10.5. The van der Waals surface area contributed by atoms with E-state index in [1.54, 1.807) is 11.4 Å². The molecule has 0 saturated heterocycles. The number of benzene rings is 1. The number of thiophene rings is 1. The molecule has 0 amide bonds. The molecule has 76 valence electrons. The van der Waals surface area contributed by atoms with Gasteiger partial charge in [0.15, 0.2) is 0 Å². The summed E-state index contributed by atoms with van der Waals surface area (Å²) < 4.78 is 0. The van der Waals surface area contributed by atoms with E-state index in [2.05, 4.69) is 0 Å². The molecular formula is C12H10O2S. The SMILES string of the molecule is O=C(O)c1csc(Cc2ccccc2)c1. The summed E-state index contributed by atoms with van der Waals surface area (Å²) in [6.07, 6.45) is 0.804. The van der Waals surface area contributed by atoms with Gasteiger partial charge >= 0.3 is 5.97 Å². The quantitative estimate of drug-likeness (QED) is 0.859. The predicted molar refractivity (Wildman–Crippen MR) is 60.5 cm³/mol. The molecule has 0 saturated carbocycles. The van der Waals surface area contributed by atoms with Crippen LogP contribution < -0.4 is 0 Å². The van der Waals surface area contributed by atoms with Crippen LogP contribution >= 0.6 is 11.3 Å². The second-order valence-corrected chi connectivity index (χ2v) is 4.27. The van der Waals surface area contributed by atoms with Crippen molar-refractivity contribution in [1.29, 1.82) is 0 Å². The first kappa shape index (κ1) is 9.93.